The first-order valence-corrected chi connectivity index (χ1v) is 6.56. The van der Waals surface area contributed by atoms with Gasteiger partial charge in [0.2, 0.25) is 0 Å². The number of hydrogen-bond acceptors (Lipinski definition) is 3. The summed E-state index contributed by atoms with van der Waals surface area (Å²) in [7, 11) is 0. The van der Waals surface area contributed by atoms with Crippen LogP contribution in [0.3, 0.4) is 0 Å². The van der Waals surface area contributed by atoms with Crippen LogP contribution in [0.4, 0.5) is 0 Å². The van der Waals surface area contributed by atoms with E-state index in [0.717, 1.165) is 24.1 Å². The second kappa shape index (κ2) is 5.33. The second-order valence-corrected chi connectivity index (χ2v) is 4.79. The average Bonchev–Trinajstić information content (AvgIpc) is 2.38. The lowest BCUT2D eigenvalue weighted by atomic mass is 9.97. The van der Waals surface area contributed by atoms with Crippen molar-refractivity contribution in [3.8, 4) is 11.5 Å². The Labute approximate surface area is 112 Å². The Kier molecular flexibility index (Phi) is 3.38. The molecule has 1 atom stereocenters. The summed E-state index contributed by atoms with van der Waals surface area (Å²) in [6, 6.07) is 15.8. The maximum absolute atomic E-state index is 10.0. The molecule has 2 aromatic carbocycles. The van der Waals surface area contributed by atoms with Gasteiger partial charge in [-0.2, -0.15) is 0 Å². The molecule has 2 N–H and O–H groups in total. The van der Waals surface area contributed by atoms with Crippen molar-refractivity contribution in [2.75, 3.05) is 6.54 Å². The molecule has 0 bridgehead atoms. The summed E-state index contributed by atoms with van der Waals surface area (Å²) in [4.78, 5) is 0. The molecule has 98 valence electrons. The van der Waals surface area contributed by atoms with Crippen molar-refractivity contribution in [2.45, 2.75) is 19.1 Å². The van der Waals surface area contributed by atoms with E-state index in [0.29, 0.717) is 24.1 Å². The fourth-order valence-corrected chi connectivity index (χ4v) is 2.20. The van der Waals surface area contributed by atoms with E-state index in [9.17, 15) is 5.11 Å². The molecule has 19 heavy (non-hydrogen) atoms. The predicted molar refractivity (Wildman–Crippen MR) is 74.2 cm³/mol. The third-order valence-electron chi connectivity index (χ3n) is 3.45. The van der Waals surface area contributed by atoms with Gasteiger partial charge in [0.25, 0.3) is 0 Å². The Morgan fingerprint density at radius 3 is 2.58 bits per heavy atom. The van der Waals surface area contributed by atoms with Crippen molar-refractivity contribution in [2.24, 2.45) is 0 Å². The quantitative estimate of drug-likeness (QED) is 0.882. The lowest BCUT2D eigenvalue weighted by molar-refractivity contribution is 0.302. The zero-order valence-corrected chi connectivity index (χ0v) is 10.7. The standard InChI is InChI=1S/C16H17NO2/c18-16-10-13(6-7-14(16)15-8-9-17-15)19-11-12-4-2-1-3-5-12/h1-7,10,15,17-18H,8-9,11H2/t15-/m0/s1. The van der Waals surface area contributed by atoms with Gasteiger partial charge < -0.3 is 15.2 Å². The molecule has 0 unspecified atom stereocenters. The normalized spacial score (nSPS) is 17.8. The molecule has 0 radical (unpaired) electrons. The average molecular weight is 255 g/mol. The van der Waals surface area contributed by atoms with Crippen molar-refractivity contribution >= 4 is 0 Å². The lowest BCUT2D eigenvalue weighted by Gasteiger charge is -2.28. The zero-order valence-electron chi connectivity index (χ0n) is 10.7. The van der Waals surface area contributed by atoms with E-state index >= 15 is 0 Å². The number of ether oxygens (including phenoxy) is 1. The summed E-state index contributed by atoms with van der Waals surface area (Å²) in [6.45, 7) is 1.54. The van der Waals surface area contributed by atoms with Crippen molar-refractivity contribution in [1.29, 1.82) is 0 Å². The predicted octanol–water partition coefficient (Wildman–Crippen LogP) is 3.01. The van der Waals surface area contributed by atoms with Gasteiger partial charge in [-0.05, 0) is 24.6 Å². The van der Waals surface area contributed by atoms with E-state index in [-0.39, 0.29) is 0 Å². The van der Waals surface area contributed by atoms with Gasteiger partial charge >= 0.3 is 0 Å². The van der Waals surface area contributed by atoms with Gasteiger partial charge in [-0.3, -0.25) is 0 Å². The summed E-state index contributed by atoms with van der Waals surface area (Å²) >= 11 is 0. The van der Waals surface area contributed by atoms with Crippen LogP contribution in [-0.2, 0) is 6.61 Å². The van der Waals surface area contributed by atoms with Crippen LogP contribution in [0, 0.1) is 0 Å². The van der Waals surface area contributed by atoms with Gasteiger partial charge in [0.1, 0.15) is 18.1 Å². The number of hydrogen-bond donors (Lipinski definition) is 2. The van der Waals surface area contributed by atoms with E-state index in [1.54, 1.807) is 6.07 Å². The molecule has 0 spiro atoms. The summed E-state index contributed by atoms with van der Waals surface area (Å²) in [6.07, 6.45) is 1.08. The zero-order chi connectivity index (χ0) is 13.1. The minimum absolute atomic E-state index is 0.295. The van der Waals surface area contributed by atoms with Crippen molar-refractivity contribution in [3.05, 3.63) is 59.7 Å². The van der Waals surface area contributed by atoms with Crippen LogP contribution in [-0.4, -0.2) is 11.7 Å². The van der Waals surface area contributed by atoms with Gasteiger partial charge in [0.05, 0.1) is 0 Å². The van der Waals surface area contributed by atoms with Crippen LogP contribution in [0.1, 0.15) is 23.6 Å². The third kappa shape index (κ3) is 2.71. The van der Waals surface area contributed by atoms with Crippen LogP contribution in [0.5, 0.6) is 11.5 Å². The Bertz CT molecular complexity index is 550. The van der Waals surface area contributed by atoms with E-state index < -0.39 is 0 Å². The number of nitrogens with one attached hydrogen (secondary N) is 1. The molecule has 0 amide bonds. The maximum Gasteiger partial charge on any atom is 0.124 e. The highest BCUT2D eigenvalue weighted by atomic mass is 16.5. The molecular weight excluding hydrogens is 238 g/mol. The fourth-order valence-electron chi connectivity index (χ4n) is 2.20. The SMILES string of the molecule is Oc1cc(OCc2ccccc2)ccc1[C@@H]1CCN1. The van der Waals surface area contributed by atoms with Crippen molar-refractivity contribution < 1.29 is 9.84 Å². The fraction of sp³-hybridized carbons (Fsp3) is 0.250. The summed E-state index contributed by atoms with van der Waals surface area (Å²) < 4.78 is 5.68. The Morgan fingerprint density at radius 2 is 1.95 bits per heavy atom. The van der Waals surface area contributed by atoms with Crippen molar-refractivity contribution in [3.63, 3.8) is 0 Å². The Balaban J connectivity index is 1.67. The van der Waals surface area contributed by atoms with E-state index in [4.69, 9.17) is 4.74 Å². The van der Waals surface area contributed by atoms with Gasteiger partial charge in [-0.1, -0.05) is 36.4 Å². The van der Waals surface area contributed by atoms with Gasteiger partial charge in [0.15, 0.2) is 0 Å². The highest BCUT2D eigenvalue weighted by Gasteiger charge is 2.21. The number of rotatable bonds is 4. The van der Waals surface area contributed by atoms with Gasteiger partial charge in [0, 0.05) is 17.7 Å². The van der Waals surface area contributed by atoms with Crippen LogP contribution in [0.25, 0.3) is 0 Å². The Hall–Kier alpha value is -2.00. The molecule has 0 saturated carbocycles. The summed E-state index contributed by atoms with van der Waals surface area (Å²) in [5, 5.41) is 13.3. The minimum atomic E-state index is 0.295. The first-order chi connectivity index (χ1) is 9.33. The molecule has 1 aliphatic heterocycles. The first-order valence-electron chi connectivity index (χ1n) is 6.56. The number of phenols is 1. The molecule has 0 aliphatic carbocycles. The topological polar surface area (TPSA) is 41.5 Å². The lowest BCUT2D eigenvalue weighted by Crippen LogP contribution is -2.34. The molecule has 1 heterocycles. The highest BCUT2D eigenvalue weighted by molar-refractivity contribution is 5.42. The molecule has 1 saturated heterocycles. The molecule has 3 heteroatoms. The van der Waals surface area contributed by atoms with E-state index in [2.05, 4.69) is 5.32 Å². The summed E-state index contributed by atoms with van der Waals surface area (Å²) in [5.74, 6) is 1.01. The van der Waals surface area contributed by atoms with E-state index in [1.165, 1.54) is 0 Å². The first kappa shape index (κ1) is 12.1. The number of aromatic hydroxyl groups is 1. The largest absolute Gasteiger partial charge is 0.507 e. The molecule has 0 aromatic heterocycles. The highest BCUT2D eigenvalue weighted by Crippen LogP contribution is 2.33. The molecule has 3 nitrogen and oxygen atoms in total. The van der Waals surface area contributed by atoms with Crippen LogP contribution < -0.4 is 10.1 Å². The van der Waals surface area contributed by atoms with Gasteiger partial charge in [-0.15, -0.1) is 0 Å². The monoisotopic (exact) mass is 255 g/mol. The molecule has 2 aromatic rings. The molecule has 1 aliphatic rings. The Morgan fingerprint density at radius 1 is 1.16 bits per heavy atom. The molecule has 1 fully saturated rings. The third-order valence-corrected chi connectivity index (χ3v) is 3.45. The second-order valence-electron chi connectivity index (χ2n) is 4.79. The van der Waals surface area contributed by atoms with Gasteiger partial charge in [-0.25, -0.2) is 0 Å². The van der Waals surface area contributed by atoms with E-state index in [1.807, 2.05) is 42.5 Å². The molecular formula is C16H17NO2. The summed E-state index contributed by atoms with van der Waals surface area (Å²) in [5.41, 5.74) is 2.07. The van der Waals surface area contributed by atoms with Crippen LogP contribution in [0.2, 0.25) is 0 Å². The smallest absolute Gasteiger partial charge is 0.124 e. The van der Waals surface area contributed by atoms with Crippen LogP contribution in [0.15, 0.2) is 48.5 Å². The van der Waals surface area contributed by atoms with Crippen molar-refractivity contribution in [1.82, 2.24) is 5.32 Å². The minimum Gasteiger partial charge on any atom is -0.507 e. The number of phenolic OH excluding ortho intramolecular Hbond substituents is 1. The van der Waals surface area contributed by atoms with Crippen LogP contribution >= 0.6 is 0 Å². The molecule has 3 rings (SSSR count). The maximum atomic E-state index is 10.0. The number of benzene rings is 2.